The summed E-state index contributed by atoms with van der Waals surface area (Å²) >= 11 is 6.12. The summed E-state index contributed by atoms with van der Waals surface area (Å²) in [6.07, 6.45) is 0. The summed E-state index contributed by atoms with van der Waals surface area (Å²) in [5, 5.41) is 11.8. The first-order chi connectivity index (χ1) is 14.0. The van der Waals surface area contributed by atoms with Crippen molar-refractivity contribution in [2.24, 2.45) is 0 Å². The lowest BCUT2D eigenvalue weighted by Gasteiger charge is -2.25. The number of hydroxylamine groups is 2. The van der Waals surface area contributed by atoms with E-state index >= 15 is 0 Å². The molecule has 3 aromatic rings. The van der Waals surface area contributed by atoms with E-state index in [1.807, 2.05) is 0 Å². The lowest BCUT2D eigenvalue weighted by molar-refractivity contribution is -0.150. The van der Waals surface area contributed by atoms with Crippen LogP contribution in [0.15, 0.2) is 48.5 Å². The fraction of sp³-hybridized carbons (Fsp3) is 0.190. The van der Waals surface area contributed by atoms with E-state index in [-0.39, 0.29) is 5.56 Å². The predicted molar refractivity (Wildman–Crippen MR) is 107 cm³/mol. The third-order valence-corrected chi connectivity index (χ3v) is 4.84. The Bertz CT molecular complexity index is 1080. The lowest BCUT2D eigenvalue weighted by atomic mass is 10.0. The van der Waals surface area contributed by atoms with Gasteiger partial charge in [0.25, 0.3) is 0 Å². The number of carbonyl (C=O) groups is 2. The molecule has 1 N–H and O–H groups in total. The molecule has 0 atom stereocenters. The molecule has 148 valence electrons. The smallest absolute Gasteiger partial charge is 0.357 e. The van der Waals surface area contributed by atoms with Crippen LogP contribution in [-0.4, -0.2) is 53.4 Å². The average Bonchev–Trinajstić information content (AvgIpc) is 2.73. The highest BCUT2D eigenvalue weighted by atomic mass is 35.5. The van der Waals surface area contributed by atoms with Crippen LogP contribution < -0.4 is 0 Å². The van der Waals surface area contributed by atoms with Gasteiger partial charge in [0.2, 0.25) is 0 Å². The molecule has 29 heavy (non-hydrogen) atoms. The maximum Gasteiger partial charge on any atom is 0.357 e. The van der Waals surface area contributed by atoms with Gasteiger partial charge in [-0.2, -0.15) is 0 Å². The minimum absolute atomic E-state index is 0.171. The zero-order valence-electron chi connectivity index (χ0n) is 15.3. The van der Waals surface area contributed by atoms with Crippen LogP contribution in [-0.2, 0) is 9.57 Å². The van der Waals surface area contributed by atoms with Gasteiger partial charge in [0.15, 0.2) is 0 Å². The van der Waals surface area contributed by atoms with Gasteiger partial charge in [-0.25, -0.2) is 14.6 Å². The number of nitrogens with zero attached hydrogens (tertiary/aromatic N) is 2. The molecule has 2 heterocycles. The lowest BCUT2D eigenvalue weighted by Crippen LogP contribution is -2.38. The molecule has 1 saturated heterocycles. The van der Waals surface area contributed by atoms with Crippen molar-refractivity contribution in [3.05, 3.63) is 64.7 Å². The third kappa shape index (κ3) is 4.22. The molecule has 0 amide bonds. The second kappa shape index (κ2) is 8.16. The van der Waals surface area contributed by atoms with Crippen LogP contribution in [0, 0.1) is 0 Å². The first-order valence-corrected chi connectivity index (χ1v) is 9.38. The predicted octanol–water partition coefficient (Wildman–Crippen LogP) is 3.66. The molecule has 1 aromatic heterocycles. The number of carbonyl (C=O) groups excluding carboxylic acids is 1. The highest BCUT2D eigenvalue weighted by Crippen LogP contribution is 2.28. The van der Waals surface area contributed by atoms with Crippen LogP contribution in [0.1, 0.15) is 20.7 Å². The summed E-state index contributed by atoms with van der Waals surface area (Å²) in [5.41, 5.74) is 2.27. The van der Waals surface area contributed by atoms with Crippen molar-refractivity contribution in [1.29, 1.82) is 0 Å². The van der Waals surface area contributed by atoms with E-state index in [0.29, 0.717) is 59.0 Å². The summed E-state index contributed by atoms with van der Waals surface area (Å²) in [5.74, 6) is -1.50. The number of rotatable bonds is 4. The van der Waals surface area contributed by atoms with Crippen LogP contribution in [0.3, 0.4) is 0 Å². The zero-order valence-corrected chi connectivity index (χ0v) is 16.1. The maximum absolute atomic E-state index is 12.9. The fourth-order valence-corrected chi connectivity index (χ4v) is 3.27. The van der Waals surface area contributed by atoms with Gasteiger partial charge in [-0.3, -0.25) is 0 Å². The summed E-state index contributed by atoms with van der Waals surface area (Å²) in [4.78, 5) is 34.1. The SMILES string of the molecule is O=C(O)c1ccc(-c2cc(C(=O)ON3CCOCC3)c3ccc(Cl)cc3n2)cc1. The van der Waals surface area contributed by atoms with Crippen LogP contribution in [0.25, 0.3) is 22.2 Å². The Morgan fingerprint density at radius 3 is 2.48 bits per heavy atom. The van der Waals surface area contributed by atoms with Crippen molar-refractivity contribution in [3.8, 4) is 11.3 Å². The maximum atomic E-state index is 12.9. The molecule has 1 aliphatic rings. The van der Waals surface area contributed by atoms with Gasteiger partial charge in [0.1, 0.15) is 0 Å². The molecule has 4 rings (SSSR count). The number of fused-ring (bicyclic) bond motifs is 1. The number of aromatic carboxylic acids is 1. The second-order valence-electron chi connectivity index (χ2n) is 6.52. The van der Waals surface area contributed by atoms with Crippen molar-refractivity contribution in [2.45, 2.75) is 0 Å². The van der Waals surface area contributed by atoms with Gasteiger partial charge < -0.3 is 14.7 Å². The Morgan fingerprint density at radius 2 is 1.79 bits per heavy atom. The number of hydrogen-bond donors (Lipinski definition) is 1. The molecule has 0 radical (unpaired) electrons. The summed E-state index contributed by atoms with van der Waals surface area (Å²) in [6, 6.07) is 13.0. The van der Waals surface area contributed by atoms with Crippen molar-refractivity contribution in [2.75, 3.05) is 26.3 Å². The Kier molecular flexibility index (Phi) is 5.44. The number of pyridine rings is 1. The summed E-state index contributed by atoms with van der Waals surface area (Å²) in [6.45, 7) is 2.01. The van der Waals surface area contributed by atoms with Gasteiger partial charge in [-0.05, 0) is 30.3 Å². The monoisotopic (exact) mass is 412 g/mol. The van der Waals surface area contributed by atoms with E-state index in [1.165, 1.54) is 12.1 Å². The molecule has 7 nitrogen and oxygen atoms in total. The van der Waals surface area contributed by atoms with E-state index in [4.69, 9.17) is 26.3 Å². The van der Waals surface area contributed by atoms with Crippen LogP contribution in [0.2, 0.25) is 5.02 Å². The molecule has 0 saturated carbocycles. The molecule has 0 bridgehead atoms. The Balaban J connectivity index is 1.75. The van der Waals surface area contributed by atoms with Crippen molar-refractivity contribution >= 4 is 34.4 Å². The minimum atomic E-state index is -1.01. The molecule has 0 aliphatic carbocycles. The van der Waals surface area contributed by atoms with Crippen LogP contribution >= 0.6 is 11.6 Å². The zero-order chi connectivity index (χ0) is 20.4. The molecule has 1 fully saturated rings. The van der Waals surface area contributed by atoms with E-state index < -0.39 is 11.9 Å². The van der Waals surface area contributed by atoms with E-state index in [9.17, 15) is 9.59 Å². The number of aromatic nitrogens is 1. The Morgan fingerprint density at radius 1 is 1.07 bits per heavy atom. The first kappa shape index (κ1) is 19.3. The standard InChI is InChI=1S/C21H17ClN2O5/c22-15-5-6-16-17(21(27)29-24-7-9-28-10-8-24)12-18(23-19(16)11-15)13-1-3-14(4-2-13)20(25)26/h1-6,11-12H,7-10H2,(H,25,26). The topological polar surface area (TPSA) is 89.0 Å². The van der Waals surface area contributed by atoms with Crippen molar-refractivity contribution in [1.82, 2.24) is 10.0 Å². The van der Waals surface area contributed by atoms with Gasteiger partial charge in [0, 0.05) is 16.0 Å². The Hall–Kier alpha value is -3.00. The normalized spacial score (nSPS) is 14.7. The van der Waals surface area contributed by atoms with Crippen LogP contribution in [0.4, 0.5) is 0 Å². The molecular formula is C21H17ClN2O5. The van der Waals surface area contributed by atoms with Crippen molar-refractivity contribution < 1.29 is 24.3 Å². The first-order valence-electron chi connectivity index (χ1n) is 9.00. The van der Waals surface area contributed by atoms with Gasteiger partial charge >= 0.3 is 11.9 Å². The quantitative estimate of drug-likeness (QED) is 0.699. The molecule has 1 aliphatic heterocycles. The van der Waals surface area contributed by atoms with Gasteiger partial charge in [0.05, 0.1) is 48.6 Å². The average molecular weight is 413 g/mol. The minimum Gasteiger partial charge on any atom is -0.478 e. The number of ether oxygens (including phenoxy) is 1. The highest BCUT2D eigenvalue weighted by molar-refractivity contribution is 6.31. The van der Waals surface area contributed by atoms with Gasteiger partial charge in [-0.15, -0.1) is 5.06 Å². The van der Waals surface area contributed by atoms with E-state index in [0.717, 1.165) is 0 Å². The largest absolute Gasteiger partial charge is 0.478 e. The molecular weight excluding hydrogens is 396 g/mol. The molecule has 0 unspecified atom stereocenters. The summed E-state index contributed by atoms with van der Waals surface area (Å²) < 4.78 is 5.27. The Labute approximate surface area is 171 Å². The molecule has 8 heteroatoms. The number of halogens is 1. The van der Waals surface area contributed by atoms with Crippen molar-refractivity contribution in [3.63, 3.8) is 0 Å². The van der Waals surface area contributed by atoms with E-state index in [2.05, 4.69) is 4.98 Å². The number of benzene rings is 2. The third-order valence-electron chi connectivity index (χ3n) is 4.60. The summed E-state index contributed by atoms with van der Waals surface area (Å²) in [7, 11) is 0. The number of morpholine rings is 1. The van der Waals surface area contributed by atoms with Gasteiger partial charge in [-0.1, -0.05) is 29.8 Å². The number of hydrogen-bond acceptors (Lipinski definition) is 6. The number of carboxylic acids is 1. The van der Waals surface area contributed by atoms with Crippen LogP contribution in [0.5, 0.6) is 0 Å². The molecule has 2 aromatic carbocycles. The number of carboxylic acid groups (broad SMARTS) is 1. The van der Waals surface area contributed by atoms with E-state index in [1.54, 1.807) is 41.5 Å². The molecule has 0 spiro atoms. The second-order valence-corrected chi connectivity index (χ2v) is 6.96. The fourth-order valence-electron chi connectivity index (χ4n) is 3.11. The highest BCUT2D eigenvalue weighted by Gasteiger charge is 2.20.